The predicted octanol–water partition coefficient (Wildman–Crippen LogP) is 0.600. The molecule has 126 valence electrons. The Morgan fingerprint density at radius 1 is 1.32 bits per heavy atom. The van der Waals surface area contributed by atoms with Gasteiger partial charge in [0.15, 0.2) is 5.54 Å². The molecule has 1 unspecified atom stereocenters. The minimum absolute atomic E-state index is 0.200. The number of nitrogens with zero attached hydrogens (tertiary/aromatic N) is 1. The van der Waals surface area contributed by atoms with Crippen molar-refractivity contribution in [2.45, 2.75) is 64.1 Å². The third kappa shape index (κ3) is 3.97. The standard InChI is InChI=1S/C15H26N2O5/c1-10(11(18)21-5)17-9-7-6-8-15(16,12(17)19)13(20)22-14(2,3)4/h10H,6-9,16H2,1-5H3/t10?,15-/m0/s1. The van der Waals surface area contributed by atoms with Crippen LogP contribution in [0.2, 0.25) is 0 Å². The average Bonchev–Trinajstić information content (AvgIpc) is 2.56. The van der Waals surface area contributed by atoms with Gasteiger partial charge in [-0.05, 0) is 47.0 Å². The molecule has 0 aromatic rings. The Kier molecular flexibility index (Phi) is 5.56. The minimum atomic E-state index is -1.76. The van der Waals surface area contributed by atoms with E-state index in [-0.39, 0.29) is 6.42 Å². The van der Waals surface area contributed by atoms with E-state index in [1.54, 1.807) is 27.7 Å². The van der Waals surface area contributed by atoms with Crippen LogP contribution in [0.3, 0.4) is 0 Å². The van der Waals surface area contributed by atoms with Gasteiger partial charge < -0.3 is 20.1 Å². The molecule has 0 spiro atoms. The minimum Gasteiger partial charge on any atom is -0.467 e. The number of rotatable bonds is 3. The van der Waals surface area contributed by atoms with Crippen LogP contribution in [0.4, 0.5) is 0 Å². The lowest BCUT2D eigenvalue weighted by Crippen LogP contribution is -2.63. The van der Waals surface area contributed by atoms with Crippen molar-refractivity contribution in [3.8, 4) is 0 Å². The van der Waals surface area contributed by atoms with Gasteiger partial charge in [-0.15, -0.1) is 0 Å². The van der Waals surface area contributed by atoms with Crippen LogP contribution in [0, 0.1) is 0 Å². The van der Waals surface area contributed by atoms with Gasteiger partial charge in [0.05, 0.1) is 7.11 Å². The average molecular weight is 314 g/mol. The molecule has 1 aliphatic heterocycles. The number of hydrogen-bond donors (Lipinski definition) is 1. The number of amides is 1. The highest BCUT2D eigenvalue weighted by Gasteiger charge is 2.49. The summed E-state index contributed by atoms with van der Waals surface area (Å²) in [5.41, 5.74) is 3.61. The second-order valence-corrected chi connectivity index (χ2v) is 6.63. The summed E-state index contributed by atoms with van der Waals surface area (Å²) in [6.07, 6.45) is 1.46. The molecular weight excluding hydrogens is 288 g/mol. The molecule has 1 rings (SSSR count). The highest BCUT2D eigenvalue weighted by atomic mass is 16.6. The summed E-state index contributed by atoms with van der Waals surface area (Å²) in [7, 11) is 1.25. The zero-order valence-electron chi connectivity index (χ0n) is 14.0. The number of likely N-dealkylation sites (tertiary alicyclic amines) is 1. The van der Waals surface area contributed by atoms with E-state index >= 15 is 0 Å². The van der Waals surface area contributed by atoms with Crippen molar-refractivity contribution >= 4 is 17.8 Å². The van der Waals surface area contributed by atoms with E-state index in [1.165, 1.54) is 12.0 Å². The van der Waals surface area contributed by atoms with Crippen LogP contribution in [0.5, 0.6) is 0 Å². The predicted molar refractivity (Wildman–Crippen MR) is 79.8 cm³/mol. The van der Waals surface area contributed by atoms with Crippen molar-refractivity contribution in [1.29, 1.82) is 0 Å². The summed E-state index contributed by atoms with van der Waals surface area (Å²) < 4.78 is 9.97. The fraction of sp³-hybridized carbons (Fsp3) is 0.800. The molecule has 1 saturated heterocycles. The van der Waals surface area contributed by atoms with E-state index in [0.717, 1.165) is 0 Å². The zero-order valence-corrected chi connectivity index (χ0v) is 14.0. The second-order valence-electron chi connectivity index (χ2n) is 6.63. The van der Waals surface area contributed by atoms with E-state index < -0.39 is 35.0 Å². The highest BCUT2D eigenvalue weighted by molar-refractivity contribution is 6.08. The molecule has 0 aromatic heterocycles. The molecule has 7 nitrogen and oxygen atoms in total. The summed E-state index contributed by atoms with van der Waals surface area (Å²) in [4.78, 5) is 38.2. The van der Waals surface area contributed by atoms with E-state index in [0.29, 0.717) is 19.4 Å². The molecule has 1 aliphatic rings. The number of carbonyl (C=O) groups is 3. The molecule has 1 heterocycles. The van der Waals surface area contributed by atoms with E-state index in [1.807, 2.05) is 0 Å². The maximum Gasteiger partial charge on any atom is 0.336 e. The number of ether oxygens (including phenoxy) is 2. The molecule has 0 saturated carbocycles. The van der Waals surface area contributed by atoms with Crippen LogP contribution < -0.4 is 5.73 Å². The molecule has 0 radical (unpaired) electrons. The summed E-state index contributed by atoms with van der Waals surface area (Å²) in [6, 6.07) is -0.791. The Morgan fingerprint density at radius 3 is 2.41 bits per heavy atom. The van der Waals surface area contributed by atoms with Crippen molar-refractivity contribution in [1.82, 2.24) is 4.90 Å². The molecule has 0 bridgehead atoms. The Hall–Kier alpha value is -1.63. The van der Waals surface area contributed by atoms with Crippen LogP contribution in [-0.4, -0.2) is 53.6 Å². The van der Waals surface area contributed by atoms with Crippen LogP contribution in [0.25, 0.3) is 0 Å². The molecule has 2 N–H and O–H groups in total. The van der Waals surface area contributed by atoms with Crippen molar-refractivity contribution in [2.24, 2.45) is 5.73 Å². The van der Waals surface area contributed by atoms with Gasteiger partial charge in [-0.2, -0.15) is 0 Å². The number of methoxy groups -OCH3 is 1. The summed E-state index contributed by atoms with van der Waals surface area (Å²) >= 11 is 0. The number of esters is 2. The lowest BCUT2D eigenvalue weighted by atomic mass is 9.93. The van der Waals surface area contributed by atoms with Crippen molar-refractivity contribution < 1.29 is 23.9 Å². The fourth-order valence-corrected chi connectivity index (χ4v) is 2.38. The monoisotopic (exact) mass is 314 g/mol. The number of hydrogen-bond acceptors (Lipinski definition) is 6. The van der Waals surface area contributed by atoms with E-state index in [4.69, 9.17) is 10.5 Å². The van der Waals surface area contributed by atoms with Gasteiger partial charge >= 0.3 is 11.9 Å². The van der Waals surface area contributed by atoms with Gasteiger partial charge in [-0.1, -0.05) is 0 Å². The SMILES string of the molecule is COC(=O)C(C)N1CCCC[C@@](N)(C(=O)OC(C)(C)C)C1=O. The molecule has 0 aromatic carbocycles. The zero-order chi connectivity index (χ0) is 17.1. The first-order chi connectivity index (χ1) is 10.0. The molecule has 0 aliphatic carbocycles. The third-order valence-corrected chi connectivity index (χ3v) is 3.64. The second kappa shape index (κ2) is 6.64. The summed E-state index contributed by atoms with van der Waals surface area (Å²) in [5, 5.41) is 0. The van der Waals surface area contributed by atoms with Crippen LogP contribution in [-0.2, 0) is 23.9 Å². The van der Waals surface area contributed by atoms with Crippen molar-refractivity contribution in [3.63, 3.8) is 0 Å². The highest BCUT2D eigenvalue weighted by Crippen LogP contribution is 2.25. The van der Waals surface area contributed by atoms with Gasteiger partial charge in [0, 0.05) is 6.54 Å². The fourth-order valence-electron chi connectivity index (χ4n) is 2.38. The Morgan fingerprint density at radius 2 is 1.91 bits per heavy atom. The molecule has 22 heavy (non-hydrogen) atoms. The lowest BCUT2D eigenvalue weighted by molar-refractivity contribution is -0.169. The normalized spacial score (nSPS) is 24.5. The van der Waals surface area contributed by atoms with Crippen LogP contribution in [0.1, 0.15) is 47.0 Å². The lowest BCUT2D eigenvalue weighted by Gasteiger charge is -2.34. The summed E-state index contributed by atoms with van der Waals surface area (Å²) in [6.45, 7) is 7.06. The van der Waals surface area contributed by atoms with Crippen molar-refractivity contribution in [3.05, 3.63) is 0 Å². The first-order valence-electron chi connectivity index (χ1n) is 7.44. The third-order valence-electron chi connectivity index (χ3n) is 3.64. The van der Waals surface area contributed by atoms with Gasteiger partial charge in [0.1, 0.15) is 11.6 Å². The molecule has 2 atom stereocenters. The first-order valence-corrected chi connectivity index (χ1v) is 7.44. The van der Waals surface area contributed by atoms with E-state index in [2.05, 4.69) is 4.74 Å². The van der Waals surface area contributed by atoms with Crippen molar-refractivity contribution in [2.75, 3.05) is 13.7 Å². The summed E-state index contributed by atoms with van der Waals surface area (Å²) in [5.74, 6) is -1.88. The molecule has 1 amide bonds. The Bertz CT molecular complexity index is 457. The number of nitrogens with two attached hydrogens (primary N) is 1. The van der Waals surface area contributed by atoms with Gasteiger partial charge in [0.25, 0.3) is 5.91 Å². The maximum absolute atomic E-state index is 12.7. The molecular formula is C15H26N2O5. The quantitative estimate of drug-likeness (QED) is 0.605. The van der Waals surface area contributed by atoms with E-state index in [9.17, 15) is 14.4 Å². The Labute approximate surface area is 131 Å². The topological polar surface area (TPSA) is 98.9 Å². The van der Waals surface area contributed by atoms with Gasteiger partial charge in [0.2, 0.25) is 0 Å². The first kappa shape index (κ1) is 18.4. The van der Waals surface area contributed by atoms with Crippen LogP contribution >= 0.6 is 0 Å². The van der Waals surface area contributed by atoms with Gasteiger partial charge in [-0.3, -0.25) is 4.79 Å². The maximum atomic E-state index is 12.7. The number of carbonyl (C=O) groups excluding carboxylic acids is 3. The molecule has 7 heteroatoms. The van der Waals surface area contributed by atoms with Crippen LogP contribution in [0.15, 0.2) is 0 Å². The largest absolute Gasteiger partial charge is 0.467 e. The molecule has 1 fully saturated rings. The Balaban J connectivity index is 3.06. The van der Waals surface area contributed by atoms with Gasteiger partial charge in [-0.25, -0.2) is 9.59 Å². The smallest absolute Gasteiger partial charge is 0.336 e.